The minimum atomic E-state index is -0.582. The van der Waals surface area contributed by atoms with Crippen molar-refractivity contribution in [2.24, 2.45) is 0 Å². The largest absolute Gasteiger partial charge is 0.340 e. The zero-order valence-corrected chi connectivity index (χ0v) is 17.2. The zero-order valence-electron chi connectivity index (χ0n) is 17.2. The number of hydrogen-bond acceptors (Lipinski definition) is 5. The molecule has 0 radical (unpaired) electrons. The number of benzene rings is 2. The van der Waals surface area contributed by atoms with Crippen molar-refractivity contribution in [2.45, 2.75) is 25.8 Å². The van der Waals surface area contributed by atoms with Crippen LogP contribution in [0.4, 0.5) is 4.39 Å². The molecule has 1 aliphatic heterocycles. The average molecular weight is 422 g/mol. The Kier molecular flexibility index (Phi) is 6.06. The Morgan fingerprint density at radius 3 is 2.55 bits per heavy atom. The number of rotatable bonds is 4. The van der Waals surface area contributed by atoms with Crippen molar-refractivity contribution in [1.82, 2.24) is 19.9 Å². The minimum absolute atomic E-state index is 0.0467. The van der Waals surface area contributed by atoms with Crippen molar-refractivity contribution >= 4 is 11.8 Å². The van der Waals surface area contributed by atoms with E-state index < -0.39 is 11.9 Å². The quantitative estimate of drug-likeness (QED) is 0.645. The molecule has 2 amide bonds. The number of aromatic nitrogens is 2. The molecular weight excluding hydrogens is 399 g/mol. The highest BCUT2D eigenvalue weighted by atomic mass is 19.1. The molecule has 8 heteroatoms. The summed E-state index contributed by atoms with van der Waals surface area (Å²) in [6, 6.07) is 14.6. The van der Waals surface area contributed by atoms with Crippen LogP contribution in [-0.4, -0.2) is 51.4 Å². The van der Waals surface area contributed by atoms with Gasteiger partial charge in [0.1, 0.15) is 11.9 Å². The van der Waals surface area contributed by atoms with E-state index in [1.807, 2.05) is 6.07 Å². The molecule has 0 bridgehead atoms. The summed E-state index contributed by atoms with van der Waals surface area (Å²) in [6.07, 6.45) is 0.542. The predicted octanol–water partition coefficient (Wildman–Crippen LogP) is 3.18. The van der Waals surface area contributed by atoms with Crippen LogP contribution in [0.25, 0.3) is 0 Å². The fourth-order valence-corrected chi connectivity index (χ4v) is 3.78. The molecule has 0 N–H and O–H groups in total. The molecule has 160 valence electrons. The van der Waals surface area contributed by atoms with Crippen LogP contribution in [-0.2, 0) is 11.2 Å². The van der Waals surface area contributed by atoms with Gasteiger partial charge in [0.2, 0.25) is 5.91 Å². The van der Waals surface area contributed by atoms with E-state index in [0.717, 1.165) is 0 Å². The molecule has 2 heterocycles. The molecule has 31 heavy (non-hydrogen) atoms. The summed E-state index contributed by atoms with van der Waals surface area (Å²) in [7, 11) is 0. The van der Waals surface area contributed by atoms with Gasteiger partial charge in [-0.1, -0.05) is 41.6 Å². The van der Waals surface area contributed by atoms with Crippen LogP contribution in [0.3, 0.4) is 0 Å². The smallest absolute Gasteiger partial charge is 0.254 e. The van der Waals surface area contributed by atoms with Gasteiger partial charge in [0.05, 0.1) is 13.0 Å². The SMILES string of the molecule is Cc1noc(C2CN(C(=O)Cc3ccccc3F)CCCN2C(=O)c2ccccc2)n1. The van der Waals surface area contributed by atoms with Crippen molar-refractivity contribution in [3.8, 4) is 0 Å². The second-order valence-electron chi connectivity index (χ2n) is 7.52. The summed E-state index contributed by atoms with van der Waals surface area (Å²) in [4.78, 5) is 33.9. The molecule has 0 saturated carbocycles. The highest BCUT2D eigenvalue weighted by Gasteiger charge is 2.35. The van der Waals surface area contributed by atoms with Gasteiger partial charge in [-0.25, -0.2) is 4.39 Å². The molecule has 0 aliphatic carbocycles. The van der Waals surface area contributed by atoms with Gasteiger partial charge in [-0.05, 0) is 37.1 Å². The third-order valence-corrected chi connectivity index (χ3v) is 5.36. The first kappa shape index (κ1) is 20.7. The fraction of sp³-hybridized carbons (Fsp3) is 0.304. The first-order valence-electron chi connectivity index (χ1n) is 10.2. The third-order valence-electron chi connectivity index (χ3n) is 5.36. The summed E-state index contributed by atoms with van der Waals surface area (Å²) >= 11 is 0. The molecule has 0 spiro atoms. The van der Waals surface area contributed by atoms with E-state index in [0.29, 0.717) is 36.5 Å². The Hall–Kier alpha value is -3.55. The molecule has 2 aromatic carbocycles. The molecule has 4 rings (SSSR count). The topological polar surface area (TPSA) is 79.5 Å². The molecule has 7 nitrogen and oxygen atoms in total. The van der Waals surface area contributed by atoms with Crippen LogP contribution in [0, 0.1) is 12.7 Å². The third kappa shape index (κ3) is 4.63. The van der Waals surface area contributed by atoms with Gasteiger partial charge in [-0.2, -0.15) is 4.98 Å². The lowest BCUT2D eigenvalue weighted by atomic mass is 10.1. The maximum Gasteiger partial charge on any atom is 0.254 e. The molecular formula is C23H23FN4O3. The summed E-state index contributed by atoms with van der Waals surface area (Å²) in [6.45, 7) is 2.79. The van der Waals surface area contributed by atoms with E-state index in [1.165, 1.54) is 6.07 Å². The Morgan fingerprint density at radius 1 is 1.10 bits per heavy atom. The maximum atomic E-state index is 14.0. The summed E-state index contributed by atoms with van der Waals surface area (Å²) in [5.74, 6) is -0.0382. The normalized spacial score (nSPS) is 16.8. The Morgan fingerprint density at radius 2 is 1.84 bits per heavy atom. The Labute approximate surface area is 179 Å². The van der Waals surface area contributed by atoms with Crippen molar-refractivity contribution in [3.05, 3.63) is 83.3 Å². The standard InChI is InChI=1S/C23H23FN4O3/c1-16-25-22(31-26-16)20-15-27(21(29)14-18-10-5-6-11-19(18)24)12-7-13-28(20)23(30)17-8-3-2-4-9-17/h2-6,8-11,20H,7,12-15H2,1H3. The lowest BCUT2D eigenvalue weighted by Gasteiger charge is -2.29. The van der Waals surface area contributed by atoms with Crippen molar-refractivity contribution < 1.29 is 18.5 Å². The van der Waals surface area contributed by atoms with Crippen LogP contribution in [0.1, 0.15) is 40.1 Å². The van der Waals surface area contributed by atoms with Crippen LogP contribution >= 0.6 is 0 Å². The number of nitrogens with zero attached hydrogens (tertiary/aromatic N) is 4. The highest BCUT2D eigenvalue weighted by molar-refractivity contribution is 5.94. The second-order valence-corrected chi connectivity index (χ2v) is 7.52. The monoisotopic (exact) mass is 422 g/mol. The van der Waals surface area contributed by atoms with Gasteiger partial charge >= 0.3 is 0 Å². The zero-order chi connectivity index (χ0) is 21.8. The van der Waals surface area contributed by atoms with E-state index in [9.17, 15) is 14.0 Å². The number of carbonyl (C=O) groups is 2. The molecule has 1 unspecified atom stereocenters. The van der Waals surface area contributed by atoms with E-state index in [4.69, 9.17) is 4.52 Å². The van der Waals surface area contributed by atoms with Crippen LogP contribution < -0.4 is 0 Å². The van der Waals surface area contributed by atoms with Crippen LogP contribution in [0.2, 0.25) is 0 Å². The van der Waals surface area contributed by atoms with E-state index >= 15 is 0 Å². The lowest BCUT2D eigenvalue weighted by molar-refractivity contribution is -0.130. The number of hydrogen-bond donors (Lipinski definition) is 0. The number of aryl methyl sites for hydroxylation is 1. The minimum Gasteiger partial charge on any atom is -0.340 e. The predicted molar refractivity (Wildman–Crippen MR) is 111 cm³/mol. The van der Waals surface area contributed by atoms with Gasteiger partial charge < -0.3 is 14.3 Å². The summed E-state index contributed by atoms with van der Waals surface area (Å²) in [5.41, 5.74) is 0.897. The lowest BCUT2D eigenvalue weighted by Crippen LogP contribution is -2.41. The van der Waals surface area contributed by atoms with Gasteiger partial charge in [-0.3, -0.25) is 9.59 Å². The van der Waals surface area contributed by atoms with Crippen molar-refractivity contribution in [3.63, 3.8) is 0 Å². The number of halogens is 1. The van der Waals surface area contributed by atoms with Crippen molar-refractivity contribution in [2.75, 3.05) is 19.6 Å². The maximum absolute atomic E-state index is 14.0. The van der Waals surface area contributed by atoms with E-state index in [2.05, 4.69) is 10.1 Å². The number of amides is 2. The molecule has 1 saturated heterocycles. The fourth-order valence-electron chi connectivity index (χ4n) is 3.78. The van der Waals surface area contributed by atoms with Gasteiger partial charge in [0.25, 0.3) is 11.8 Å². The van der Waals surface area contributed by atoms with Crippen molar-refractivity contribution in [1.29, 1.82) is 0 Å². The van der Waals surface area contributed by atoms with Crippen LogP contribution in [0.15, 0.2) is 59.1 Å². The van der Waals surface area contributed by atoms with Gasteiger partial charge in [-0.15, -0.1) is 0 Å². The molecule has 3 aromatic rings. The molecule has 1 fully saturated rings. The average Bonchev–Trinajstić information content (AvgIpc) is 3.09. The molecule has 1 aliphatic rings. The highest BCUT2D eigenvalue weighted by Crippen LogP contribution is 2.26. The van der Waals surface area contributed by atoms with E-state index in [-0.39, 0.29) is 30.7 Å². The van der Waals surface area contributed by atoms with Gasteiger partial charge in [0.15, 0.2) is 5.82 Å². The molecule has 1 atom stereocenters. The first-order valence-corrected chi connectivity index (χ1v) is 10.2. The summed E-state index contributed by atoms with van der Waals surface area (Å²) < 4.78 is 19.4. The van der Waals surface area contributed by atoms with E-state index in [1.54, 1.807) is 59.2 Å². The van der Waals surface area contributed by atoms with Crippen LogP contribution in [0.5, 0.6) is 0 Å². The summed E-state index contributed by atoms with van der Waals surface area (Å²) in [5, 5.41) is 3.86. The number of carbonyl (C=O) groups excluding carboxylic acids is 2. The first-order chi connectivity index (χ1) is 15.0. The Bertz CT molecular complexity index is 1070. The second kappa shape index (κ2) is 9.07. The van der Waals surface area contributed by atoms with Gasteiger partial charge in [0, 0.05) is 18.7 Å². The molecule has 1 aromatic heterocycles. The Balaban J connectivity index is 1.60.